The van der Waals surface area contributed by atoms with Gasteiger partial charge in [0.1, 0.15) is 12.4 Å². The summed E-state index contributed by atoms with van der Waals surface area (Å²) in [6, 6.07) is 14.2. The average molecular weight is 511 g/mol. The van der Waals surface area contributed by atoms with Crippen LogP contribution < -0.4 is 15.4 Å². The molecule has 2 heterocycles. The molecule has 1 saturated heterocycles. The van der Waals surface area contributed by atoms with Crippen LogP contribution in [0.25, 0.3) is 5.69 Å². The molecule has 194 valence electrons. The zero-order valence-electron chi connectivity index (χ0n) is 20.6. The second-order valence-electron chi connectivity index (χ2n) is 8.70. The fourth-order valence-corrected chi connectivity index (χ4v) is 4.39. The monoisotopic (exact) mass is 510 g/mol. The van der Waals surface area contributed by atoms with Crippen molar-refractivity contribution < 1.29 is 23.0 Å². The Kier molecular flexibility index (Phi) is 8.32. The van der Waals surface area contributed by atoms with Crippen molar-refractivity contribution in [1.82, 2.24) is 20.0 Å². The van der Waals surface area contributed by atoms with Crippen molar-refractivity contribution in [2.24, 2.45) is 0 Å². The molecular formula is C26H28F2N6O3. The third-order valence-corrected chi connectivity index (χ3v) is 6.22. The average Bonchev–Trinajstić information content (AvgIpc) is 3.42. The van der Waals surface area contributed by atoms with Gasteiger partial charge in [-0.3, -0.25) is 10.2 Å². The first-order valence-corrected chi connectivity index (χ1v) is 11.8. The van der Waals surface area contributed by atoms with Crippen molar-refractivity contribution in [3.05, 3.63) is 71.3 Å². The van der Waals surface area contributed by atoms with E-state index in [0.717, 1.165) is 17.8 Å². The van der Waals surface area contributed by atoms with Crippen LogP contribution in [0.3, 0.4) is 0 Å². The van der Waals surface area contributed by atoms with Crippen molar-refractivity contribution in [1.29, 1.82) is 5.26 Å². The maximum Gasteiger partial charge on any atom is 0.320 e. The number of hydrogen-bond donors (Lipinski definition) is 2. The highest BCUT2D eigenvalue weighted by molar-refractivity contribution is 5.90. The van der Waals surface area contributed by atoms with Crippen molar-refractivity contribution in [2.45, 2.75) is 18.9 Å². The molecule has 2 aromatic carbocycles. The van der Waals surface area contributed by atoms with Crippen LogP contribution in [0.1, 0.15) is 17.0 Å². The molecule has 0 spiro atoms. The molecule has 3 aromatic rings. The number of carbonyl (C=O) groups excluding carboxylic acids is 1. The van der Waals surface area contributed by atoms with Crippen molar-refractivity contribution in [3.8, 4) is 17.6 Å². The van der Waals surface area contributed by atoms with Crippen molar-refractivity contribution >= 4 is 11.8 Å². The van der Waals surface area contributed by atoms with E-state index < -0.39 is 23.7 Å². The first-order valence-electron chi connectivity index (χ1n) is 11.8. The molecule has 4 rings (SSSR count). The minimum atomic E-state index is -0.956. The highest BCUT2D eigenvalue weighted by atomic mass is 19.2. The molecule has 2 unspecified atom stereocenters. The number of likely N-dealkylation sites (tertiary alicyclic amines) is 1. The van der Waals surface area contributed by atoms with E-state index in [1.807, 2.05) is 35.2 Å². The highest BCUT2D eigenvalue weighted by Crippen LogP contribution is 2.30. The van der Waals surface area contributed by atoms with Gasteiger partial charge < -0.3 is 14.8 Å². The number of ether oxygens (including phenoxy) is 2. The predicted molar refractivity (Wildman–Crippen MR) is 133 cm³/mol. The molecule has 2 amide bonds. The number of para-hydroxylation sites is 1. The topological polar surface area (TPSA) is 104 Å². The van der Waals surface area contributed by atoms with Gasteiger partial charge in [-0.15, -0.1) is 5.10 Å². The highest BCUT2D eigenvalue weighted by Gasteiger charge is 2.35. The van der Waals surface area contributed by atoms with Crippen LogP contribution >= 0.6 is 0 Å². The quantitative estimate of drug-likeness (QED) is 0.337. The number of methoxy groups -OCH3 is 1. The Morgan fingerprint density at radius 1 is 1.16 bits per heavy atom. The number of amides is 2. The van der Waals surface area contributed by atoms with Crippen LogP contribution in [0.2, 0.25) is 0 Å². The first-order chi connectivity index (χ1) is 17.9. The first kappa shape index (κ1) is 26.1. The molecule has 2 N–H and O–H groups in total. The zero-order chi connectivity index (χ0) is 26.4. The van der Waals surface area contributed by atoms with E-state index in [1.54, 1.807) is 18.7 Å². The minimum absolute atomic E-state index is 0.155. The van der Waals surface area contributed by atoms with Crippen LogP contribution in [-0.4, -0.2) is 66.7 Å². The van der Waals surface area contributed by atoms with Gasteiger partial charge in [-0.2, -0.15) is 5.26 Å². The molecule has 1 aliphatic heterocycles. The minimum Gasteiger partial charge on any atom is -0.474 e. The standard InChI is InChI=1S/C26H28F2N6O3/c1-17-24(34(19-6-4-3-5-7-19)32-25(17)37-13-12-36-2)31-26(35)30-23-16-33(11-10-29)15-20(23)18-8-9-21(27)22(28)14-18/h3-9,14,20,23H,11-13,15-16H2,1-2H3,(H2,30,31,35). The number of rotatable bonds is 9. The van der Waals surface area contributed by atoms with Gasteiger partial charge in [0.05, 0.1) is 36.5 Å². The summed E-state index contributed by atoms with van der Waals surface area (Å²) < 4.78 is 39.8. The van der Waals surface area contributed by atoms with E-state index in [0.29, 0.717) is 49.1 Å². The Balaban J connectivity index is 1.56. The summed E-state index contributed by atoms with van der Waals surface area (Å²) in [7, 11) is 1.57. The molecular weight excluding hydrogens is 482 g/mol. The Morgan fingerprint density at radius 3 is 2.65 bits per heavy atom. The fourth-order valence-electron chi connectivity index (χ4n) is 4.39. The van der Waals surface area contributed by atoms with E-state index in [2.05, 4.69) is 21.8 Å². The Hall–Kier alpha value is -4.01. The number of nitrogens with zero attached hydrogens (tertiary/aromatic N) is 4. The van der Waals surface area contributed by atoms with Crippen LogP contribution in [0.5, 0.6) is 5.88 Å². The lowest BCUT2D eigenvalue weighted by Gasteiger charge is -2.21. The third kappa shape index (κ3) is 6.04. The SMILES string of the molecule is COCCOc1nn(-c2ccccc2)c(NC(=O)NC2CN(CC#N)CC2c2ccc(F)c(F)c2)c1C. The van der Waals surface area contributed by atoms with Crippen LogP contribution in [0, 0.1) is 29.9 Å². The molecule has 37 heavy (non-hydrogen) atoms. The summed E-state index contributed by atoms with van der Waals surface area (Å²) in [4.78, 5) is 15.1. The van der Waals surface area contributed by atoms with Crippen LogP contribution in [0.15, 0.2) is 48.5 Å². The van der Waals surface area contributed by atoms with Crippen LogP contribution in [-0.2, 0) is 4.74 Å². The van der Waals surface area contributed by atoms with E-state index in [9.17, 15) is 13.6 Å². The number of nitriles is 1. The summed E-state index contributed by atoms with van der Waals surface area (Å²) in [5.41, 5.74) is 1.90. The molecule has 1 aromatic heterocycles. The van der Waals surface area contributed by atoms with Gasteiger partial charge in [0.15, 0.2) is 11.6 Å². The molecule has 0 radical (unpaired) electrons. The molecule has 11 heteroatoms. The van der Waals surface area contributed by atoms with Gasteiger partial charge in [-0.1, -0.05) is 24.3 Å². The van der Waals surface area contributed by atoms with Gasteiger partial charge in [0.25, 0.3) is 0 Å². The molecule has 2 atom stereocenters. The summed E-state index contributed by atoms with van der Waals surface area (Å²) in [5, 5.41) is 19.5. The number of carbonyl (C=O) groups is 1. The number of nitrogens with one attached hydrogen (secondary N) is 2. The number of halogens is 2. The molecule has 0 aliphatic carbocycles. The number of aromatic nitrogens is 2. The number of urea groups is 1. The lowest BCUT2D eigenvalue weighted by Crippen LogP contribution is -2.42. The summed E-state index contributed by atoms with van der Waals surface area (Å²) in [6.45, 7) is 3.42. The van der Waals surface area contributed by atoms with E-state index in [-0.39, 0.29) is 12.5 Å². The normalized spacial score (nSPS) is 17.4. The van der Waals surface area contributed by atoms with Crippen molar-refractivity contribution in [2.75, 3.05) is 45.3 Å². The zero-order valence-corrected chi connectivity index (χ0v) is 20.6. The van der Waals surface area contributed by atoms with Gasteiger partial charge in [0.2, 0.25) is 5.88 Å². The Labute approximate surface area is 213 Å². The second-order valence-corrected chi connectivity index (χ2v) is 8.70. The van der Waals surface area contributed by atoms with E-state index in [1.165, 1.54) is 6.07 Å². The van der Waals surface area contributed by atoms with Crippen LogP contribution in [0.4, 0.5) is 19.4 Å². The molecule has 0 bridgehead atoms. The number of anilines is 1. The fraction of sp³-hybridized carbons (Fsp3) is 0.346. The molecule has 0 saturated carbocycles. The predicted octanol–water partition coefficient (Wildman–Crippen LogP) is 3.60. The number of hydrogen-bond acceptors (Lipinski definition) is 6. The van der Waals surface area contributed by atoms with Crippen molar-refractivity contribution in [3.63, 3.8) is 0 Å². The number of benzene rings is 2. The third-order valence-electron chi connectivity index (χ3n) is 6.22. The lowest BCUT2D eigenvalue weighted by molar-refractivity contribution is 0.143. The summed E-state index contributed by atoms with van der Waals surface area (Å²) in [6.07, 6.45) is 0. The van der Waals surface area contributed by atoms with Gasteiger partial charge >= 0.3 is 6.03 Å². The Bertz CT molecular complexity index is 1280. The van der Waals surface area contributed by atoms with Gasteiger partial charge in [0, 0.05) is 26.1 Å². The van der Waals surface area contributed by atoms with E-state index >= 15 is 0 Å². The lowest BCUT2D eigenvalue weighted by atomic mass is 9.94. The molecule has 1 aliphatic rings. The maximum absolute atomic E-state index is 13.9. The second kappa shape index (κ2) is 11.8. The van der Waals surface area contributed by atoms with Gasteiger partial charge in [-0.25, -0.2) is 18.3 Å². The van der Waals surface area contributed by atoms with Gasteiger partial charge in [-0.05, 0) is 36.8 Å². The molecule has 1 fully saturated rings. The molecule has 9 nitrogen and oxygen atoms in total. The smallest absolute Gasteiger partial charge is 0.320 e. The maximum atomic E-state index is 13.9. The summed E-state index contributed by atoms with van der Waals surface area (Å²) in [5.74, 6) is -1.44. The van der Waals surface area contributed by atoms with E-state index in [4.69, 9.17) is 14.7 Å². The largest absolute Gasteiger partial charge is 0.474 e. The Morgan fingerprint density at radius 2 is 1.95 bits per heavy atom. The summed E-state index contributed by atoms with van der Waals surface area (Å²) >= 11 is 0.